The van der Waals surface area contributed by atoms with Crippen LogP contribution in [0.3, 0.4) is 0 Å². The summed E-state index contributed by atoms with van der Waals surface area (Å²) in [5, 5.41) is 0. The van der Waals surface area contributed by atoms with E-state index < -0.39 is 0 Å². The summed E-state index contributed by atoms with van der Waals surface area (Å²) in [5.41, 5.74) is 0. The molecule has 0 atom stereocenters. The molecular weight excluding hydrogens is 308 g/mol. The first-order valence-corrected chi connectivity index (χ1v) is 9.44. The van der Waals surface area contributed by atoms with Gasteiger partial charge in [-0.15, -0.1) is 0 Å². The van der Waals surface area contributed by atoms with Gasteiger partial charge >= 0.3 is 0 Å². The van der Waals surface area contributed by atoms with Crippen LogP contribution in [0.4, 0.5) is 0 Å². The van der Waals surface area contributed by atoms with E-state index in [2.05, 4.69) is 53.0 Å². The Bertz CT molecular complexity index is 449. The molecule has 1 saturated heterocycles. The van der Waals surface area contributed by atoms with Gasteiger partial charge in [-0.1, -0.05) is 0 Å². The third-order valence-electron chi connectivity index (χ3n) is 4.01. The van der Waals surface area contributed by atoms with Crippen molar-refractivity contribution in [1.29, 1.82) is 0 Å². The van der Waals surface area contributed by atoms with Crippen molar-refractivity contribution in [1.82, 2.24) is 19.6 Å². The number of hydrogen-bond acceptors (Lipinski definition) is 3. The van der Waals surface area contributed by atoms with Crippen molar-refractivity contribution >= 4 is 23.7 Å². The number of guanidine groups is 2. The highest BCUT2D eigenvalue weighted by atomic mass is 32.2. The maximum Gasteiger partial charge on any atom is 0.200 e. The maximum atomic E-state index is 4.74. The van der Waals surface area contributed by atoms with Crippen LogP contribution in [0.25, 0.3) is 0 Å². The van der Waals surface area contributed by atoms with Gasteiger partial charge in [0.05, 0.1) is 13.1 Å². The van der Waals surface area contributed by atoms with Crippen LogP contribution >= 0.6 is 11.8 Å². The zero-order valence-electron chi connectivity index (χ0n) is 14.9. The Balaban J connectivity index is 1.65. The molecule has 1 fully saturated rings. The first kappa shape index (κ1) is 18.0. The van der Waals surface area contributed by atoms with E-state index in [1.54, 1.807) is 0 Å². The van der Waals surface area contributed by atoms with Gasteiger partial charge < -0.3 is 19.6 Å². The Kier molecular flexibility index (Phi) is 7.08. The predicted octanol–water partition coefficient (Wildman–Crippen LogP) is 1.09. The van der Waals surface area contributed by atoms with Gasteiger partial charge in [-0.2, -0.15) is 11.8 Å². The summed E-state index contributed by atoms with van der Waals surface area (Å²) in [5.74, 6) is 4.29. The van der Waals surface area contributed by atoms with Crippen LogP contribution in [0, 0.1) is 0 Å². The molecule has 2 aliphatic rings. The normalized spacial score (nSPS) is 20.7. The molecule has 0 aromatic heterocycles. The van der Waals surface area contributed by atoms with Gasteiger partial charge in [0.25, 0.3) is 0 Å². The second kappa shape index (κ2) is 9.05. The third-order valence-corrected chi connectivity index (χ3v) is 4.96. The van der Waals surface area contributed by atoms with Gasteiger partial charge in [0.15, 0.2) is 11.9 Å². The lowest BCUT2D eigenvalue weighted by Crippen LogP contribution is -2.46. The van der Waals surface area contributed by atoms with E-state index in [0.717, 1.165) is 56.1 Å². The predicted molar refractivity (Wildman–Crippen MR) is 101 cm³/mol. The van der Waals surface area contributed by atoms with Crippen molar-refractivity contribution in [3.8, 4) is 0 Å². The Labute approximate surface area is 144 Å². The number of rotatable bonds is 6. The van der Waals surface area contributed by atoms with Gasteiger partial charge in [-0.3, -0.25) is 9.98 Å². The molecule has 7 heteroatoms. The van der Waals surface area contributed by atoms with Crippen molar-refractivity contribution in [2.45, 2.75) is 6.42 Å². The van der Waals surface area contributed by atoms with E-state index in [-0.39, 0.29) is 0 Å². The molecule has 6 nitrogen and oxygen atoms in total. The fourth-order valence-corrected chi connectivity index (χ4v) is 3.46. The number of likely N-dealkylation sites (N-methyl/N-ethyl adjacent to an activating group) is 1. The molecule has 130 valence electrons. The summed E-state index contributed by atoms with van der Waals surface area (Å²) in [6, 6.07) is 0. The molecule has 0 radical (unpaired) electrons. The Hall–Kier alpha value is -1.37. The lowest BCUT2D eigenvalue weighted by Gasteiger charge is -2.34. The number of thioether (sulfide) groups is 1. The molecule has 2 heterocycles. The molecule has 0 spiro atoms. The zero-order valence-corrected chi connectivity index (χ0v) is 15.7. The minimum absolute atomic E-state index is 0.860. The molecule has 0 amide bonds. The van der Waals surface area contributed by atoms with E-state index in [9.17, 15) is 0 Å². The summed E-state index contributed by atoms with van der Waals surface area (Å²) < 4.78 is 0. The fraction of sp³-hybridized carbons (Fsp3) is 0.750. The molecule has 0 aromatic carbocycles. The fourth-order valence-electron chi connectivity index (χ4n) is 2.81. The van der Waals surface area contributed by atoms with Crippen LogP contribution in [0.1, 0.15) is 6.42 Å². The first-order valence-electron chi connectivity index (χ1n) is 8.29. The monoisotopic (exact) mass is 338 g/mol. The molecule has 0 saturated carbocycles. The molecule has 0 aliphatic carbocycles. The topological polar surface area (TPSA) is 37.7 Å². The highest BCUT2D eigenvalue weighted by molar-refractivity contribution is 7.99. The molecular formula is C16H30N6S. The largest absolute Gasteiger partial charge is 0.346 e. The van der Waals surface area contributed by atoms with Crippen LogP contribution in [0.2, 0.25) is 0 Å². The minimum atomic E-state index is 0.860. The summed E-state index contributed by atoms with van der Waals surface area (Å²) >= 11 is 1.93. The molecule has 0 unspecified atom stereocenters. The van der Waals surface area contributed by atoms with Crippen molar-refractivity contribution in [2.75, 3.05) is 72.4 Å². The molecule has 0 aromatic rings. The van der Waals surface area contributed by atoms with E-state index >= 15 is 0 Å². The Morgan fingerprint density at radius 3 is 2.13 bits per heavy atom. The van der Waals surface area contributed by atoms with Crippen LogP contribution in [-0.4, -0.2) is 104 Å². The third kappa shape index (κ3) is 5.34. The summed E-state index contributed by atoms with van der Waals surface area (Å²) in [7, 11) is 8.39. The maximum absolute atomic E-state index is 4.74. The quantitative estimate of drug-likeness (QED) is 0.678. The smallest absolute Gasteiger partial charge is 0.200 e. The second-order valence-electron chi connectivity index (χ2n) is 6.05. The number of hydrogen-bond donors (Lipinski definition) is 0. The second-order valence-corrected chi connectivity index (χ2v) is 7.27. The standard InChI is InChI=1S/C16H30N6S/c1-19-9-5-10-20(2)15(19)17-7-13-23-14-8-18-16-21(3)11-6-12-22(16)4/h5,9H,6-8,10-14H2,1-4H3. The van der Waals surface area contributed by atoms with E-state index in [4.69, 9.17) is 9.98 Å². The molecule has 0 bridgehead atoms. The zero-order chi connectivity index (χ0) is 16.7. The van der Waals surface area contributed by atoms with Gasteiger partial charge in [-0.25, -0.2) is 0 Å². The van der Waals surface area contributed by atoms with Crippen LogP contribution in [-0.2, 0) is 0 Å². The number of aliphatic imine (C=N–C) groups is 2. The van der Waals surface area contributed by atoms with E-state index in [1.807, 2.05) is 18.8 Å². The lowest BCUT2D eigenvalue weighted by atomic mass is 10.3. The van der Waals surface area contributed by atoms with E-state index in [0.29, 0.717) is 0 Å². The van der Waals surface area contributed by atoms with E-state index in [1.165, 1.54) is 6.42 Å². The lowest BCUT2D eigenvalue weighted by molar-refractivity contribution is 0.317. The van der Waals surface area contributed by atoms with Crippen LogP contribution in [0.15, 0.2) is 22.3 Å². The highest BCUT2D eigenvalue weighted by Gasteiger charge is 2.16. The van der Waals surface area contributed by atoms with Crippen molar-refractivity contribution in [2.24, 2.45) is 9.98 Å². The van der Waals surface area contributed by atoms with Gasteiger partial charge in [-0.05, 0) is 12.5 Å². The van der Waals surface area contributed by atoms with Crippen LogP contribution in [0.5, 0.6) is 0 Å². The molecule has 0 N–H and O–H groups in total. The summed E-state index contributed by atoms with van der Waals surface area (Å²) in [4.78, 5) is 18.2. The summed E-state index contributed by atoms with van der Waals surface area (Å²) in [6.45, 7) is 4.91. The average molecular weight is 339 g/mol. The SMILES string of the molecule is CN1C=CCN(C)C1=NCCSCCN=C1N(C)CCCN1C. The van der Waals surface area contributed by atoms with Gasteiger partial charge in [0, 0.05) is 65.5 Å². The van der Waals surface area contributed by atoms with Crippen molar-refractivity contribution < 1.29 is 0 Å². The molecule has 2 rings (SSSR count). The summed E-state index contributed by atoms with van der Waals surface area (Å²) in [6.07, 6.45) is 5.45. The van der Waals surface area contributed by atoms with Crippen molar-refractivity contribution in [3.05, 3.63) is 12.3 Å². The van der Waals surface area contributed by atoms with Crippen molar-refractivity contribution in [3.63, 3.8) is 0 Å². The van der Waals surface area contributed by atoms with Gasteiger partial charge in [0.1, 0.15) is 0 Å². The number of nitrogens with zero attached hydrogens (tertiary/aromatic N) is 6. The molecule has 2 aliphatic heterocycles. The highest BCUT2D eigenvalue weighted by Crippen LogP contribution is 2.07. The first-order chi connectivity index (χ1) is 11.1. The average Bonchev–Trinajstić information content (AvgIpc) is 2.51. The molecule has 23 heavy (non-hydrogen) atoms. The van der Waals surface area contributed by atoms with Crippen LogP contribution < -0.4 is 0 Å². The minimum Gasteiger partial charge on any atom is -0.346 e. The Morgan fingerprint density at radius 1 is 0.913 bits per heavy atom. The van der Waals surface area contributed by atoms with Gasteiger partial charge in [0.2, 0.25) is 0 Å². The Morgan fingerprint density at radius 2 is 1.52 bits per heavy atom.